The third kappa shape index (κ3) is 1.89. The minimum Gasteiger partial charge on any atom is -0.272 e. The molecule has 5 aliphatic rings. The lowest BCUT2D eigenvalue weighted by molar-refractivity contribution is -0.385. The molecule has 126 valence electrons. The Hall–Kier alpha value is -2.83. The highest BCUT2D eigenvalue weighted by molar-refractivity contribution is 6.06. The molecule has 2 bridgehead atoms. The molecular weight excluding hydrogens is 322 g/mol. The van der Waals surface area contributed by atoms with Gasteiger partial charge in [0.1, 0.15) is 0 Å². The van der Waals surface area contributed by atoms with E-state index in [1.165, 1.54) is 12.3 Å². The molecule has 2 amide bonds. The number of benzene rings is 1. The van der Waals surface area contributed by atoms with E-state index < -0.39 is 4.92 Å². The Bertz CT molecular complexity index is 841. The summed E-state index contributed by atoms with van der Waals surface area (Å²) >= 11 is 0. The molecule has 1 heterocycles. The molecular formula is C18H15N3O4. The van der Waals surface area contributed by atoms with E-state index >= 15 is 0 Å². The highest BCUT2D eigenvalue weighted by Crippen LogP contribution is 2.65. The van der Waals surface area contributed by atoms with E-state index in [9.17, 15) is 19.7 Å². The summed E-state index contributed by atoms with van der Waals surface area (Å²) in [6, 6.07) is 6.12. The van der Waals surface area contributed by atoms with Crippen LogP contribution in [0.1, 0.15) is 12.0 Å². The Labute approximate surface area is 143 Å². The summed E-state index contributed by atoms with van der Waals surface area (Å²) in [4.78, 5) is 36.1. The second kappa shape index (κ2) is 4.84. The SMILES string of the molecule is O=C1[C@@H]2[C@H]3C=C[C@H]([C@@H]4C[C@H]34)[C@@H]2C(=O)N1/N=C\c1ccccc1[N+](=O)[O-]. The zero-order valence-electron chi connectivity index (χ0n) is 13.2. The first kappa shape index (κ1) is 14.5. The van der Waals surface area contributed by atoms with Crippen molar-refractivity contribution in [2.45, 2.75) is 6.42 Å². The zero-order chi connectivity index (χ0) is 17.3. The summed E-state index contributed by atoms with van der Waals surface area (Å²) in [6.45, 7) is 0. The van der Waals surface area contributed by atoms with Crippen LogP contribution >= 0.6 is 0 Å². The number of rotatable bonds is 3. The fourth-order valence-electron chi connectivity index (χ4n) is 4.94. The van der Waals surface area contributed by atoms with Gasteiger partial charge in [-0.2, -0.15) is 10.1 Å². The van der Waals surface area contributed by atoms with Crippen molar-refractivity contribution >= 4 is 23.7 Å². The lowest BCUT2D eigenvalue weighted by atomic mass is 9.63. The van der Waals surface area contributed by atoms with Gasteiger partial charge >= 0.3 is 0 Å². The van der Waals surface area contributed by atoms with Gasteiger partial charge in [0, 0.05) is 6.07 Å². The summed E-state index contributed by atoms with van der Waals surface area (Å²) < 4.78 is 0. The third-order valence-electron chi connectivity index (χ3n) is 6.09. The van der Waals surface area contributed by atoms with Crippen molar-refractivity contribution in [3.05, 3.63) is 52.1 Å². The number of carbonyl (C=O) groups excluding carboxylic acids is 2. The summed E-state index contributed by atoms with van der Waals surface area (Å²) in [5.41, 5.74) is 0.164. The molecule has 1 aromatic rings. The van der Waals surface area contributed by atoms with Gasteiger partial charge in [-0.05, 0) is 36.2 Å². The van der Waals surface area contributed by atoms with Gasteiger partial charge in [0.25, 0.3) is 17.5 Å². The first-order valence-corrected chi connectivity index (χ1v) is 8.41. The molecule has 7 nitrogen and oxygen atoms in total. The van der Waals surface area contributed by atoms with Crippen molar-refractivity contribution < 1.29 is 14.5 Å². The molecule has 6 rings (SSSR count). The van der Waals surface area contributed by atoms with E-state index in [1.807, 2.05) is 0 Å². The number of nitrogens with zero attached hydrogens (tertiary/aromatic N) is 3. The predicted molar refractivity (Wildman–Crippen MR) is 87.2 cm³/mol. The molecule has 0 radical (unpaired) electrons. The van der Waals surface area contributed by atoms with Crippen molar-refractivity contribution in [1.29, 1.82) is 0 Å². The Kier molecular flexibility index (Phi) is 2.81. The van der Waals surface area contributed by atoms with Crippen molar-refractivity contribution in [3.63, 3.8) is 0 Å². The van der Waals surface area contributed by atoms with E-state index in [2.05, 4.69) is 17.3 Å². The Morgan fingerprint density at radius 3 is 2.28 bits per heavy atom. The highest BCUT2D eigenvalue weighted by Gasteiger charge is 2.67. The molecule has 0 N–H and O–H groups in total. The Balaban J connectivity index is 1.46. The van der Waals surface area contributed by atoms with Gasteiger partial charge in [-0.15, -0.1) is 0 Å². The van der Waals surface area contributed by atoms with E-state index in [-0.39, 0.29) is 46.7 Å². The van der Waals surface area contributed by atoms with E-state index in [4.69, 9.17) is 0 Å². The molecule has 7 heteroatoms. The van der Waals surface area contributed by atoms with E-state index in [0.29, 0.717) is 11.8 Å². The molecule has 25 heavy (non-hydrogen) atoms. The van der Waals surface area contributed by atoms with Crippen LogP contribution in [0.15, 0.2) is 41.5 Å². The van der Waals surface area contributed by atoms with Crippen LogP contribution in [0, 0.1) is 45.6 Å². The smallest absolute Gasteiger partial charge is 0.272 e. The third-order valence-corrected chi connectivity index (χ3v) is 6.09. The standard InChI is InChI=1S/C18H15N3O4/c22-17-15-10-5-6-11(13-7-12(10)13)16(15)18(23)20(17)19-8-9-3-1-2-4-14(9)21(24)25/h1-6,8,10-13,15-16H,7H2/b19-8-/t10-,11+,12+,13-,15+,16-. The topological polar surface area (TPSA) is 92.9 Å². The fraction of sp³-hybridized carbons (Fsp3) is 0.389. The van der Waals surface area contributed by atoms with Gasteiger partial charge in [-0.25, -0.2) is 0 Å². The minimum absolute atomic E-state index is 0.106. The second-order valence-corrected chi connectivity index (χ2v) is 7.20. The number of hydrogen-bond acceptors (Lipinski definition) is 5. The fourth-order valence-corrected chi connectivity index (χ4v) is 4.94. The number of hydrazone groups is 1. The molecule has 1 aliphatic heterocycles. The van der Waals surface area contributed by atoms with Crippen molar-refractivity contribution in [3.8, 4) is 0 Å². The van der Waals surface area contributed by atoms with Crippen LogP contribution in [0.2, 0.25) is 0 Å². The number of nitro groups is 1. The molecule has 2 saturated carbocycles. The van der Waals surface area contributed by atoms with Crippen LogP contribution < -0.4 is 0 Å². The summed E-state index contributed by atoms with van der Waals surface area (Å²) in [6.07, 6.45) is 6.54. The van der Waals surface area contributed by atoms with Crippen molar-refractivity contribution in [2.75, 3.05) is 0 Å². The van der Waals surface area contributed by atoms with Crippen molar-refractivity contribution in [1.82, 2.24) is 5.01 Å². The molecule has 6 atom stereocenters. The number of hydrogen-bond donors (Lipinski definition) is 0. The maximum Gasteiger partial charge on any atom is 0.278 e. The zero-order valence-corrected chi connectivity index (χ0v) is 13.2. The largest absolute Gasteiger partial charge is 0.278 e. The normalized spacial score (nSPS) is 37.5. The first-order chi connectivity index (χ1) is 12.1. The lowest BCUT2D eigenvalue weighted by Gasteiger charge is -2.37. The van der Waals surface area contributed by atoms with Crippen LogP contribution in [0.4, 0.5) is 5.69 Å². The van der Waals surface area contributed by atoms with Gasteiger partial charge in [0.2, 0.25) is 0 Å². The number of carbonyl (C=O) groups is 2. The van der Waals surface area contributed by atoms with Gasteiger partial charge in [-0.1, -0.05) is 24.3 Å². The number of nitro benzene ring substituents is 1. The molecule has 0 unspecified atom stereocenters. The van der Waals surface area contributed by atoms with E-state index in [0.717, 1.165) is 11.4 Å². The van der Waals surface area contributed by atoms with Crippen LogP contribution in [0.25, 0.3) is 0 Å². The van der Waals surface area contributed by atoms with Crippen LogP contribution in [-0.2, 0) is 9.59 Å². The second-order valence-electron chi connectivity index (χ2n) is 7.20. The van der Waals surface area contributed by atoms with E-state index in [1.54, 1.807) is 18.2 Å². The Morgan fingerprint density at radius 2 is 1.68 bits per heavy atom. The average molecular weight is 337 g/mol. The number of imide groups is 1. The van der Waals surface area contributed by atoms with Gasteiger partial charge < -0.3 is 0 Å². The average Bonchev–Trinajstić information content (AvgIpc) is 3.39. The molecule has 1 aromatic carbocycles. The maximum atomic E-state index is 12.8. The van der Waals surface area contributed by atoms with Crippen LogP contribution in [-0.4, -0.2) is 28.0 Å². The van der Waals surface area contributed by atoms with Gasteiger partial charge in [0.05, 0.1) is 28.5 Å². The van der Waals surface area contributed by atoms with Crippen LogP contribution in [0.5, 0.6) is 0 Å². The lowest BCUT2D eigenvalue weighted by Crippen LogP contribution is -2.40. The highest BCUT2D eigenvalue weighted by atomic mass is 16.6. The molecule has 0 spiro atoms. The predicted octanol–water partition coefficient (Wildman–Crippen LogP) is 1.98. The monoisotopic (exact) mass is 337 g/mol. The molecule has 0 aromatic heterocycles. The summed E-state index contributed by atoms with van der Waals surface area (Å²) in [5.74, 6) is 0.192. The van der Waals surface area contributed by atoms with Gasteiger partial charge in [-0.3, -0.25) is 19.7 Å². The van der Waals surface area contributed by atoms with Gasteiger partial charge in [0.15, 0.2) is 0 Å². The van der Waals surface area contributed by atoms with Crippen LogP contribution in [0.3, 0.4) is 0 Å². The quantitative estimate of drug-likeness (QED) is 0.277. The summed E-state index contributed by atoms with van der Waals surface area (Å²) in [5, 5.41) is 16.0. The molecule has 1 saturated heterocycles. The summed E-state index contributed by atoms with van der Waals surface area (Å²) in [7, 11) is 0. The maximum absolute atomic E-state index is 12.8. The molecule has 4 aliphatic carbocycles. The number of allylic oxidation sites excluding steroid dienone is 2. The number of amides is 2. The number of para-hydroxylation sites is 1. The van der Waals surface area contributed by atoms with Crippen molar-refractivity contribution in [2.24, 2.45) is 40.6 Å². The minimum atomic E-state index is -0.508. The Morgan fingerprint density at radius 1 is 1.08 bits per heavy atom. The molecule has 3 fully saturated rings. The first-order valence-electron chi connectivity index (χ1n) is 8.41.